The molecule has 1 aromatic heterocycles. The van der Waals surface area contributed by atoms with Crippen molar-refractivity contribution < 1.29 is 31.9 Å². The van der Waals surface area contributed by atoms with Gasteiger partial charge in [-0.2, -0.15) is 0 Å². The van der Waals surface area contributed by atoms with Crippen LogP contribution in [0.2, 0.25) is 5.02 Å². The van der Waals surface area contributed by atoms with Gasteiger partial charge < -0.3 is 14.8 Å². The van der Waals surface area contributed by atoms with E-state index in [1.807, 2.05) is 0 Å². The fourth-order valence-corrected chi connectivity index (χ4v) is 5.22. The summed E-state index contributed by atoms with van der Waals surface area (Å²) >= 11 is 5.92. The maximum Gasteiger partial charge on any atom is 0.247 e. The summed E-state index contributed by atoms with van der Waals surface area (Å²) in [6, 6.07) is 11.0. The third kappa shape index (κ3) is 5.06. The van der Waals surface area contributed by atoms with Crippen LogP contribution in [0.25, 0.3) is 22.0 Å². The van der Waals surface area contributed by atoms with E-state index < -0.39 is 46.5 Å². The number of anilines is 1. The van der Waals surface area contributed by atoms with E-state index in [1.165, 1.54) is 25.1 Å². The minimum atomic E-state index is -1.49. The van der Waals surface area contributed by atoms with Crippen molar-refractivity contribution >= 4 is 45.8 Å². The van der Waals surface area contributed by atoms with E-state index in [0.29, 0.717) is 22.5 Å². The van der Waals surface area contributed by atoms with Gasteiger partial charge in [-0.05, 0) is 25.1 Å². The molecule has 2 atom stereocenters. The lowest BCUT2D eigenvalue weighted by Gasteiger charge is -2.24. The molecule has 2 heterocycles. The van der Waals surface area contributed by atoms with Crippen LogP contribution in [-0.2, 0) is 16.1 Å². The number of ketones is 1. The predicted molar refractivity (Wildman–Crippen MR) is 142 cm³/mol. The molecule has 6 nitrogen and oxygen atoms in total. The Hall–Kier alpha value is -4.18. The number of benzene rings is 3. The Balaban J connectivity index is 1.39. The average molecular weight is 572 g/mol. The van der Waals surface area contributed by atoms with Crippen molar-refractivity contribution in [2.45, 2.75) is 32.1 Å². The third-order valence-electron chi connectivity index (χ3n) is 6.89. The monoisotopic (exact) mass is 571 g/mol. The Bertz CT molecular complexity index is 1670. The highest BCUT2D eigenvalue weighted by molar-refractivity contribution is 6.33. The average Bonchev–Trinajstić information content (AvgIpc) is 3.48. The van der Waals surface area contributed by atoms with E-state index in [1.54, 1.807) is 35.0 Å². The molecule has 5 rings (SSSR count). The van der Waals surface area contributed by atoms with Gasteiger partial charge in [0, 0.05) is 46.3 Å². The summed E-state index contributed by atoms with van der Waals surface area (Å²) in [5, 5.41) is 2.54. The van der Waals surface area contributed by atoms with E-state index in [2.05, 4.69) is 5.32 Å². The van der Waals surface area contributed by atoms with E-state index in [4.69, 9.17) is 11.6 Å². The van der Waals surface area contributed by atoms with E-state index in [0.717, 1.165) is 11.0 Å². The first-order valence-electron chi connectivity index (χ1n) is 12.3. The molecule has 0 aliphatic carbocycles. The lowest BCUT2D eigenvalue weighted by Crippen LogP contribution is -2.44. The van der Waals surface area contributed by atoms with Gasteiger partial charge in [0.15, 0.2) is 11.6 Å². The summed E-state index contributed by atoms with van der Waals surface area (Å²) in [4.78, 5) is 39.6. The highest BCUT2D eigenvalue weighted by Gasteiger charge is 2.40. The van der Waals surface area contributed by atoms with Crippen molar-refractivity contribution in [3.63, 3.8) is 0 Å². The van der Waals surface area contributed by atoms with Crippen LogP contribution < -0.4 is 5.32 Å². The van der Waals surface area contributed by atoms with Gasteiger partial charge in [-0.25, -0.2) is 17.6 Å². The SMILES string of the molecule is CC(=O)c1cn(CC(=O)N2CC(F)CC2C(=O)Nc2cccc(-c3cc(F)cc(F)c3Cl)c2F)c2ccccc12. The Morgan fingerprint density at radius 3 is 2.52 bits per heavy atom. The number of hydrogen-bond donors (Lipinski definition) is 1. The van der Waals surface area contributed by atoms with Crippen LogP contribution in [0.3, 0.4) is 0 Å². The first-order valence-corrected chi connectivity index (χ1v) is 12.7. The highest BCUT2D eigenvalue weighted by atomic mass is 35.5. The number of nitrogens with one attached hydrogen (secondary N) is 1. The van der Waals surface area contributed by atoms with Gasteiger partial charge >= 0.3 is 0 Å². The molecule has 1 fully saturated rings. The van der Waals surface area contributed by atoms with Crippen LogP contribution in [0.4, 0.5) is 23.2 Å². The zero-order valence-corrected chi connectivity index (χ0v) is 21.8. The van der Waals surface area contributed by atoms with Crippen LogP contribution in [0.15, 0.2) is 60.8 Å². The van der Waals surface area contributed by atoms with Crippen molar-refractivity contribution in [2.24, 2.45) is 0 Å². The van der Waals surface area contributed by atoms with Crippen molar-refractivity contribution in [3.8, 4) is 11.1 Å². The molecule has 2 unspecified atom stereocenters. The number of carbonyl (C=O) groups excluding carboxylic acids is 3. The number of likely N-dealkylation sites (tertiary alicyclic amines) is 1. The quantitative estimate of drug-likeness (QED) is 0.171. The second kappa shape index (κ2) is 10.8. The van der Waals surface area contributed by atoms with Crippen molar-refractivity contribution in [1.82, 2.24) is 9.47 Å². The summed E-state index contributed by atoms with van der Waals surface area (Å²) < 4.78 is 59.2. The van der Waals surface area contributed by atoms with Crippen molar-refractivity contribution in [3.05, 3.63) is 88.8 Å². The molecule has 1 N–H and O–H groups in total. The number of rotatable bonds is 6. The molecule has 4 aromatic rings. The van der Waals surface area contributed by atoms with E-state index >= 15 is 4.39 Å². The molecular formula is C29H22ClF4N3O3. The number of para-hydroxylation sites is 1. The fraction of sp³-hybridized carbons (Fsp3) is 0.207. The zero-order chi connectivity index (χ0) is 28.7. The van der Waals surface area contributed by atoms with Crippen molar-refractivity contribution in [2.75, 3.05) is 11.9 Å². The molecule has 0 radical (unpaired) electrons. The van der Waals surface area contributed by atoms with Crippen LogP contribution in [0.1, 0.15) is 23.7 Å². The van der Waals surface area contributed by atoms with Gasteiger partial charge in [0.25, 0.3) is 0 Å². The lowest BCUT2D eigenvalue weighted by atomic mass is 10.0. The molecule has 0 spiro atoms. The Morgan fingerprint density at radius 2 is 1.77 bits per heavy atom. The number of Topliss-reactive ketones (excluding diaryl/α,β-unsaturated/α-hetero) is 1. The summed E-state index contributed by atoms with van der Waals surface area (Å²) in [7, 11) is 0. The minimum absolute atomic E-state index is 0.184. The second-order valence-electron chi connectivity index (χ2n) is 9.54. The third-order valence-corrected chi connectivity index (χ3v) is 7.27. The standard InChI is InChI=1S/C29H22ClF4N3O3/c1-15(38)21-13-36(24-8-3-2-5-18(21)24)14-26(39)37-12-17(32)11-25(37)29(40)35-23-7-4-6-19(28(23)34)20-9-16(31)10-22(33)27(20)30/h2-10,13,17,25H,11-12,14H2,1H3,(H,35,40). The Kier molecular flexibility index (Phi) is 7.37. The predicted octanol–water partition coefficient (Wildman–Crippen LogP) is 6.16. The summed E-state index contributed by atoms with van der Waals surface area (Å²) in [5.41, 5.74) is 0.212. The Labute approximate surface area is 231 Å². The molecule has 11 heteroatoms. The zero-order valence-electron chi connectivity index (χ0n) is 21.1. The van der Waals surface area contributed by atoms with Gasteiger partial charge in [-0.15, -0.1) is 0 Å². The Morgan fingerprint density at radius 1 is 1.02 bits per heavy atom. The molecule has 40 heavy (non-hydrogen) atoms. The van der Waals surface area contributed by atoms with Gasteiger partial charge in [0.2, 0.25) is 11.8 Å². The number of halogens is 5. The number of alkyl halides is 1. The molecule has 2 amide bonds. The molecule has 1 aliphatic rings. The fourth-order valence-electron chi connectivity index (χ4n) is 5.01. The molecule has 0 saturated carbocycles. The topological polar surface area (TPSA) is 71.4 Å². The van der Waals surface area contributed by atoms with E-state index in [-0.39, 0.29) is 42.1 Å². The first-order chi connectivity index (χ1) is 19.0. The number of hydrogen-bond acceptors (Lipinski definition) is 3. The van der Waals surface area contributed by atoms with Gasteiger partial charge in [-0.3, -0.25) is 14.4 Å². The summed E-state index contributed by atoms with van der Waals surface area (Å²) in [6.07, 6.45) is -0.242. The first kappa shape index (κ1) is 27.4. The molecule has 206 valence electrons. The number of aromatic nitrogens is 1. The van der Waals surface area contributed by atoms with Crippen molar-refractivity contribution in [1.29, 1.82) is 0 Å². The molecule has 1 aliphatic heterocycles. The molecule has 3 aromatic carbocycles. The largest absolute Gasteiger partial charge is 0.337 e. The normalized spacial score (nSPS) is 16.9. The lowest BCUT2D eigenvalue weighted by molar-refractivity contribution is -0.137. The second-order valence-corrected chi connectivity index (χ2v) is 9.92. The maximum absolute atomic E-state index is 15.4. The van der Waals surface area contributed by atoms with Crippen LogP contribution in [0, 0.1) is 17.5 Å². The van der Waals surface area contributed by atoms with Gasteiger partial charge in [0.1, 0.15) is 30.4 Å². The number of amides is 2. The molecular weight excluding hydrogens is 550 g/mol. The number of nitrogens with zero attached hydrogens (tertiary/aromatic N) is 2. The van der Waals surface area contributed by atoms with Gasteiger partial charge in [0.05, 0.1) is 17.3 Å². The van der Waals surface area contributed by atoms with Crippen LogP contribution >= 0.6 is 11.6 Å². The number of fused-ring (bicyclic) bond motifs is 1. The molecule has 1 saturated heterocycles. The molecule has 0 bridgehead atoms. The van der Waals surface area contributed by atoms with Crippen LogP contribution in [0.5, 0.6) is 0 Å². The maximum atomic E-state index is 15.4. The van der Waals surface area contributed by atoms with Crippen LogP contribution in [-0.4, -0.2) is 45.8 Å². The summed E-state index contributed by atoms with van der Waals surface area (Å²) in [6.45, 7) is 0.823. The number of carbonyl (C=O) groups is 3. The smallest absolute Gasteiger partial charge is 0.247 e. The minimum Gasteiger partial charge on any atom is -0.337 e. The van der Waals surface area contributed by atoms with Gasteiger partial charge in [-0.1, -0.05) is 41.9 Å². The highest BCUT2D eigenvalue weighted by Crippen LogP contribution is 2.35. The van der Waals surface area contributed by atoms with E-state index in [9.17, 15) is 27.6 Å². The summed E-state index contributed by atoms with van der Waals surface area (Å²) in [5.74, 6) is -4.63.